The lowest BCUT2D eigenvalue weighted by Crippen LogP contribution is -2.39. The second-order valence-electron chi connectivity index (χ2n) is 6.24. The maximum absolute atomic E-state index is 11.9. The Morgan fingerprint density at radius 2 is 1.94 bits per heavy atom. The summed E-state index contributed by atoms with van der Waals surface area (Å²) in [4.78, 5) is 11.9. The van der Waals surface area contributed by atoms with Gasteiger partial charge in [0.2, 0.25) is 0 Å². The van der Waals surface area contributed by atoms with Gasteiger partial charge in [0.25, 0.3) is 0 Å². The van der Waals surface area contributed by atoms with Gasteiger partial charge in [0.15, 0.2) is 0 Å². The molecule has 0 N–H and O–H groups in total. The molecule has 1 fully saturated rings. The van der Waals surface area contributed by atoms with Crippen molar-refractivity contribution in [2.45, 2.75) is 64.3 Å². The molecule has 0 radical (unpaired) electrons. The molecule has 1 rings (SSSR count). The first-order valence-corrected chi connectivity index (χ1v) is 7.41. The van der Waals surface area contributed by atoms with E-state index in [1.807, 2.05) is 13.8 Å². The van der Waals surface area contributed by atoms with E-state index in [0.717, 1.165) is 6.42 Å². The molecule has 0 aromatic rings. The van der Waals surface area contributed by atoms with Crippen molar-refractivity contribution in [2.75, 3.05) is 0 Å². The monoisotopic (exact) mass is 304 g/mol. The molecule has 0 aromatic carbocycles. The lowest BCUT2D eigenvalue weighted by molar-refractivity contribution is -0.157. The van der Waals surface area contributed by atoms with Crippen molar-refractivity contribution in [1.82, 2.24) is 0 Å². The summed E-state index contributed by atoms with van der Waals surface area (Å²) in [5.74, 6) is 1.63. The van der Waals surface area contributed by atoms with Gasteiger partial charge in [-0.3, -0.25) is 4.79 Å². The molecular formula is C14H25BrO2. The van der Waals surface area contributed by atoms with Crippen molar-refractivity contribution in [3.63, 3.8) is 0 Å². The maximum atomic E-state index is 11.9. The minimum atomic E-state index is -0.574. The van der Waals surface area contributed by atoms with Crippen LogP contribution in [0.3, 0.4) is 0 Å². The van der Waals surface area contributed by atoms with E-state index in [-0.39, 0.29) is 12.1 Å². The molecule has 0 spiro atoms. The first-order chi connectivity index (χ1) is 7.71. The van der Waals surface area contributed by atoms with E-state index in [9.17, 15) is 4.79 Å². The molecule has 1 saturated carbocycles. The average Bonchev–Trinajstić information content (AvgIpc) is 2.15. The SMILES string of the molecule is CC(C)[C@@H]1CC[C@@H](C)CC1OC(=O)C(C)(C)Br. The summed E-state index contributed by atoms with van der Waals surface area (Å²) in [6.45, 7) is 10.4. The summed E-state index contributed by atoms with van der Waals surface area (Å²) in [5.41, 5.74) is 0. The fourth-order valence-corrected chi connectivity index (χ4v) is 2.62. The Hall–Kier alpha value is -0.0500. The van der Waals surface area contributed by atoms with E-state index in [4.69, 9.17) is 4.74 Å². The lowest BCUT2D eigenvalue weighted by atomic mass is 9.75. The van der Waals surface area contributed by atoms with Crippen LogP contribution in [0.15, 0.2) is 0 Å². The summed E-state index contributed by atoms with van der Waals surface area (Å²) in [5, 5.41) is 0. The molecule has 0 amide bonds. The first kappa shape index (κ1) is 15.0. The number of esters is 1. The average molecular weight is 305 g/mol. The van der Waals surface area contributed by atoms with Gasteiger partial charge in [0.05, 0.1) is 0 Å². The molecule has 2 nitrogen and oxygen atoms in total. The van der Waals surface area contributed by atoms with Crippen LogP contribution < -0.4 is 0 Å². The van der Waals surface area contributed by atoms with Crippen LogP contribution in [-0.2, 0) is 9.53 Å². The third-order valence-corrected chi connectivity index (χ3v) is 4.03. The van der Waals surface area contributed by atoms with Crippen LogP contribution in [0.1, 0.15) is 53.9 Å². The van der Waals surface area contributed by atoms with Gasteiger partial charge in [-0.15, -0.1) is 0 Å². The van der Waals surface area contributed by atoms with Gasteiger partial charge in [-0.2, -0.15) is 0 Å². The van der Waals surface area contributed by atoms with Crippen molar-refractivity contribution in [3.8, 4) is 0 Å². The molecule has 100 valence electrons. The molecular weight excluding hydrogens is 280 g/mol. The van der Waals surface area contributed by atoms with Gasteiger partial charge in [0, 0.05) is 0 Å². The van der Waals surface area contributed by atoms with Crippen LogP contribution >= 0.6 is 15.9 Å². The van der Waals surface area contributed by atoms with Crippen molar-refractivity contribution in [2.24, 2.45) is 17.8 Å². The van der Waals surface area contributed by atoms with Crippen LogP contribution in [0.25, 0.3) is 0 Å². The van der Waals surface area contributed by atoms with E-state index in [1.54, 1.807) is 0 Å². The summed E-state index contributed by atoms with van der Waals surface area (Å²) in [6.07, 6.45) is 3.55. The second kappa shape index (κ2) is 5.73. The van der Waals surface area contributed by atoms with Crippen molar-refractivity contribution < 1.29 is 9.53 Å². The predicted octanol–water partition coefficient (Wildman–Crippen LogP) is 4.16. The standard InChI is InChI=1S/C14H25BrO2/c1-9(2)11-7-6-10(3)8-12(11)17-13(16)14(4,5)15/h9-12H,6-8H2,1-5H3/t10-,11+,12?/m1/s1. The zero-order chi connectivity index (χ0) is 13.2. The Morgan fingerprint density at radius 3 is 2.41 bits per heavy atom. The van der Waals surface area contributed by atoms with E-state index in [1.165, 1.54) is 12.8 Å². The van der Waals surface area contributed by atoms with Crippen LogP contribution in [0.2, 0.25) is 0 Å². The van der Waals surface area contributed by atoms with Crippen LogP contribution in [0, 0.1) is 17.8 Å². The fourth-order valence-electron chi connectivity index (χ4n) is 2.53. The largest absolute Gasteiger partial charge is 0.461 e. The fraction of sp³-hybridized carbons (Fsp3) is 0.929. The third-order valence-electron chi connectivity index (χ3n) is 3.71. The predicted molar refractivity (Wildman–Crippen MR) is 74.2 cm³/mol. The minimum absolute atomic E-state index is 0.100. The Morgan fingerprint density at radius 1 is 1.35 bits per heavy atom. The highest BCUT2D eigenvalue weighted by Crippen LogP contribution is 2.36. The number of hydrogen-bond donors (Lipinski definition) is 0. The van der Waals surface area contributed by atoms with Crippen molar-refractivity contribution in [1.29, 1.82) is 0 Å². The quantitative estimate of drug-likeness (QED) is 0.578. The van der Waals surface area contributed by atoms with E-state index in [0.29, 0.717) is 17.8 Å². The molecule has 3 atom stereocenters. The molecule has 17 heavy (non-hydrogen) atoms. The smallest absolute Gasteiger partial charge is 0.322 e. The molecule has 0 aliphatic heterocycles. The van der Waals surface area contributed by atoms with Crippen LogP contribution in [0.4, 0.5) is 0 Å². The molecule has 3 heteroatoms. The number of halogens is 1. The molecule has 1 aliphatic rings. The summed E-state index contributed by atoms with van der Waals surface area (Å²) < 4.78 is 5.14. The molecule has 0 bridgehead atoms. The summed E-state index contributed by atoms with van der Waals surface area (Å²) in [7, 11) is 0. The van der Waals surface area contributed by atoms with Crippen LogP contribution in [0.5, 0.6) is 0 Å². The number of ether oxygens (including phenoxy) is 1. The van der Waals surface area contributed by atoms with Gasteiger partial charge in [-0.05, 0) is 44.4 Å². The normalized spacial score (nSPS) is 30.4. The number of alkyl halides is 1. The minimum Gasteiger partial charge on any atom is -0.461 e. The van der Waals surface area contributed by atoms with E-state index < -0.39 is 4.32 Å². The van der Waals surface area contributed by atoms with Gasteiger partial charge in [-0.1, -0.05) is 43.1 Å². The van der Waals surface area contributed by atoms with Gasteiger partial charge >= 0.3 is 5.97 Å². The Kier molecular flexibility index (Phi) is 5.06. The Labute approximate surface area is 114 Å². The van der Waals surface area contributed by atoms with E-state index in [2.05, 4.69) is 36.7 Å². The number of rotatable bonds is 3. The summed E-state index contributed by atoms with van der Waals surface area (Å²) >= 11 is 3.37. The van der Waals surface area contributed by atoms with Gasteiger partial charge < -0.3 is 4.74 Å². The van der Waals surface area contributed by atoms with Gasteiger partial charge in [0.1, 0.15) is 10.4 Å². The van der Waals surface area contributed by atoms with Crippen LogP contribution in [-0.4, -0.2) is 16.4 Å². The lowest BCUT2D eigenvalue weighted by Gasteiger charge is -2.37. The van der Waals surface area contributed by atoms with Crippen molar-refractivity contribution >= 4 is 21.9 Å². The highest BCUT2D eigenvalue weighted by atomic mass is 79.9. The van der Waals surface area contributed by atoms with Gasteiger partial charge in [-0.25, -0.2) is 0 Å². The molecule has 1 aliphatic carbocycles. The molecule has 1 unspecified atom stereocenters. The topological polar surface area (TPSA) is 26.3 Å². The summed E-state index contributed by atoms with van der Waals surface area (Å²) in [6, 6.07) is 0. The van der Waals surface area contributed by atoms with Crippen molar-refractivity contribution in [3.05, 3.63) is 0 Å². The Bertz CT molecular complexity index is 268. The zero-order valence-electron chi connectivity index (χ0n) is 11.6. The highest BCUT2D eigenvalue weighted by molar-refractivity contribution is 9.10. The number of carbonyl (C=O) groups is 1. The second-order valence-corrected chi connectivity index (χ2v) is 8.22. The first-order valence-electron chi connectivity index (χ1n) is 6.61. The highest BCUT2D eigenvalue weighted by Gasteiger charge is 2.36. The number of carbonyl (C=O) groups excluding carboxylic acids is 1. The molecule has 0 saturated heterocycles. The Balaban J connectivity index is 2.67. The molecule has 0 heterocycles. The maximum Gasteiger partial charge on any atom is 0.322 e. The zero-order valence-corrected chi connectivity index (χ0v) is 13.2. The van der Waals surface area contributed by atoms with E-state index >= 15 is 0 Å². The number of hydrogen-bond acceptors (Lipinski definition) is 2. The third kappa shape index (κ3) is 4.27. The molecule has 0 aromatic heterocycles.